The fraction of sp³-hybridized carbons (Fsp3) is 0.174. The fourth-order valence-electron chi connectivity index (χ4n) is 2.96. The zero-order valence-electron chi connectivity index (χ0n) is 16.2. The van der Waals surface area contributed by atoms with Crippen molar-refractivity contribution in [2.24, 2.45) is 0 Å². The van der Waals surface area contributed by atoms with E-state index in [0.29, 0.717) is 0 Å². The fourth-order valence-corrected chi connectivity index (χ4v) is 4.34. The minimum absolute atomic E-state index is 0.0857. The van der Waals surface area contributed by atoms with Gasteiger partial charge in [0, 0.05) is 6.54 Å². The average molecular weight is 410 g/mol. The van der Waals surface area contributed by atoms with Gasteiger partial charge in [-0.05, 0) is 35.7 Å². The molecule has 0 spiro atoms. The summed E-state index contributed by atoms with van der Waals surface area (Å²) < 4.78 is 32.6. The summed E-state index contributed by atoms with van der Waals surface area (Å²) in [6.07, 6.45) is 0. The van der Waals surface area contributed by atoms with Gasteiger partial charge < -0.3 is 4.74 Å². The molecule has 3 aromatic carbocycles. The monoisotopic (exact) mass is 409 g/mol. The number of sulfonamides is 1. The third-order valence-corrected chi connectivity index (χ3v) is 6.22. The average Bonchev–Trinajstić information content (AvgIpc) is 2.75. The number of carbonyl (C=O) groups is 1. The van der Waals surface area contributed by atoms with Crippen molar-refractivity contribution < 1.29 is 17.9 Å². The molecule has 0 saturated carbocycles. The largest absolute Gasteiger partial charge is 0.465 e. The summed E-state index contributed by atoms with van der Waals surface area (Å²) in [7, 11) is -3.88. The van der Waals surface area contributed by atoms with Crippen LogP contribution in [0.5, 0.6) is 0 Å². The third-order valence-electron chi connectivity index (χ3n) is 4.41. The van der Waals surface area contributed by atoms with Gasteiger partial charge in [-0.2, -0.15) is 4.31 Å². The first-order valence-electron chi connectivity index (χ1n) is 9.36. The zero-order valence-corrected chi connectivity index (χ0v) is 17.0. The summed E-state index contributed by atoms with van der Waals surface area (Å²) >= 11 is 0. The van der Waals surface area contributed by atoms with Gasteiger partial charge in [0.2, 0.25) is 10.0 Å². The maximum atomic E-state index is 13.2. The lowest BCUT2D eigenvalue weighted by Crippen LogP contribution is -2.36. The van der Waals surface area contributed by atoms with Crippen LogP contribution < -0.4 is 0 Å². The molecule has 0 bridgehead atoms. The Morgan fingerprint density at radius 3 is 1.97 bits per heavy atom. The molecule has 0 saturated heterocycles. The molecular weight excluding hydrogens is 386 g/mol. The van der Waals surface area contributed by atoms with E-state index < -0.39 is 16.0 Å². The van der Waals surface area contributed by atoms with Crippen LogP contribution >= 0.6 is 0 Å². The molecule has 0 aliphatic carbocycles. The summed E-state index contributed by atoms with van der Waals surface area (Å²) in [5, 5.41) is 0. The van der Waals surface area contributed by atoms with E-state index in [-0.39, 0.29) is 24.6 Å². The highest BCUT2D eigenvalue weighted by atomic mass is 32.2. The molecule has 0 unspecified atom stereocenters. The van der Waals surface area contributed by atoms with E-state index in [1.807, 2.05) is 60.7 Å². The number of ether oxygens (including phenoxy) is 1. The van der Waals surface area contributed by atoms with E-state index in [9.17, 15) is 13.2 Å². The topological polar surface area (TPSA) is 63.7 Å². The summed E-state index contributed by atoms with van der Waals surface area (Å²) in [5.74, 6) is -0.576. The van der Waals surface area contributed by atoms with Crippen LogP contribution in [0.3, 0.4) is 0 Å². The highest BCUT2D eigenvalue weighted by Gasteiger charge is 2.27. The first-order valence-corrected chi connectivity index (χ1v) is 10.8. The van der Waals surface area contributed by atoms with Gasteiger partial charge in [0.05, 0.1) is 11.5 Å². The Morgan fingerprint density at radius 2 is 1.38 bits per heavy atom. The number of carbonyl (C=O) groups excluding carboxylic acids is 1. The Balaban J connectivity index is 1.89. The number of benzene rings is 3. The Labute approximate surface area is 171 Å². The first kappa shape index (κ1) is 20.8. The van der Waals surface area contributed by atoms with Crippen LogP contribution in [0.1, 0.15) is 12.5 Å². The maximum Gasteiger partial charge on any atom is 0.321 e. The Kier molecular flexibility index (Phi) is 6.80. The molecule has 29 heavy (non-hydrogen) atoms. The second-order valence-electron chi connectivity index (χ2n) is 6.45. The molecule has 5 nitrogen and oxygen atoms in total. The van der Waals surface area contributed by atoms with E-state index >= 15 is 0 Å². The number of esters is 1. The van der Waals surface area contributed by atoms with Gasteiger partial charge in [0.1, 0.15) is 6.54 Å². The molecule has 6 heteroatoms. The molecule has 3 aromatic rings. The van der Waals surface area contributed by atoms with E-state index in [2.05, 4.69) is 0 Å². The second-order valence-corrected chi connectivity index (χ2v) is 8.39. The van der Waals surface area contributed by atoms with Gasteiger partial charge in [0.25, 0.3) is 0 Å². The minimum Gasteiger partial charge on any atom is -0.465 e. The SMILES string of the molecule is CCOC(=O)CN(Cc1ccccc1)S(=O)(=O)c1ccc(-c2ccccc2)cc1. The number of hydrogen-bond acceptors (Lipinski definition) is 4. The molecule has 0 heterocycles. The summed E-state index contributed by atoms with van der Waals surface area (Å²) in [4.78, 5) is 12.2. The normalized spacial score (nSPS) is 11.4. The smallest absolute Gasteiger partial charge is 0.321 e. The highest BCUT2D eigenvalue weighted by molar-refractivity contribution is 7.89. The van der Waals surface area contributed by atoms with Crippen LogP contribution in [-0.2, 0) is 26.1 Å². The first-order chi connectivity index (χ1) is 14.0. The van der Waals surface area contributed by atoms with Crippen molar-refractivity contribution in [1.29, 1.82) is 0 Å². The standard InChI is InChI=1S/C23H23NO4S/c1-2-28-23(25)18-24(17-19-9-5-3-6-10-19)29(26,27)22-15-13-21(14-16-22)20-11-7-4-8-12-20/h3-16H,2,17-18H2,1H3. The Hall–Kier alpha value is -2.96. The third kappa shape index (κ3) is 5.31. The van der Waals surface area contributed by atoms with Crippen molar-refractivity contribution >= 4 is 16.0 Å². The van der Waals surface area contributed by atoms with Gasteiger partial charge in [0.15, 0.2) is 0 Å². The van der Waals surface area contributed by atoms with Crippen LogP contribution in [0.4, 0.5) is 0 Å². The lowest BCUT2D eigenvalue weighted by Gasteiger charge is -2.21. The molecule has 0 aromatic heterocycles. The summed E-state index contributed by atoms with van der Waals surface area (Å²) in [6.45, 7) is 1.63. The summed E-state index contributed by atoms with van der Waals surface area (Å²) in [6, 6.07) is 25.6. The Morgan fingerprint density at radius 1 is 0.828 bits per heavy atom. The van der Waals surface area contributed by atoms with Crippen LogP contribution in [0, 0.1) is 0 Å². The molecule has 3 rings (SSSR count). The number of rotatable bonds is 8. The minimum atomic E-state index is -3.88. The van der Waals surface area contributed by atoms with Crippen LogP contribution in [0.25, 0.3) is 11.1 Å². The van der Waals surface area contributed by atoms with Crippen molar-refractivity contribution in [2.75, 3.05) is 13.2 Å². The van der Waals surface area contributed by atoms with E-state index in [0.717, 1.165) is 21.0 Å². The van der Waals surface area contributed by atoms with Crippen LogP contribution in [-0.4, -0.2) is 31.8 Å². The lowest BCUT2D eigenvalue weighted by atomic mass is 10.1. The molecule has 0 amide bonds. The van der Waals surface area contributed by atoms with Crippen molar-refractivity contribution in [3.63, 3.8) is 0 Å². The number of nitrogens with zero attached hydrogens (tertiary/aromatic N) is 1. The molecule has 0 N–H and O–H groups in total. The van der Waals surface area contributed by atoms with Gasteiger partial charge in [-0.15, -0.1) is 0 Å². The van der Waals surface area contributed by atoms with Crippen LogP contribution in [0.2, 0.25) is 0 Å². The van der Waals surface area contributed by atoms with E-state index in [4.69, 9.17) is 4.74 Å². The molecule has 0 aliphatic rings. The van der Waals surface area contributed by atoms with Gasteiger partial charge in [-0.3, -0.25) is 4.79 Å². The molecule has 150 valence electrons. The van der Waals surface area contributed by atoms with Crippen molar-refractivity contribution in [1.82, 2.24) is 4.31 Å². The van der Waals surface area contributed by atoms with E-state index in [1.54, 1.807) is 31.2 Å². The quantitative estimate of drug-likeness (QED) is 0.525. The van der Waals surface area contributed by atoms with Gasteiger partial charge in [-0.25, -0.2) is 8.42 Å². The van der Waals surface area contributed by atoms with Crippen molar-refractivity contribution in [3.8, 4) is 11.1 Å². The lowest BCUT2D eigenvalue weighted by molar-refractivity contribution is -0.143. The number of hydrogen-bond donors (Lipinski definition) is 0. The van der Waals surface area contributed by atoms with Crippen molar-refractivity contribution in [3.05, 3.63) is 90.5 Å². The van der Waals surface area contributed by atoms with Gasteiger partial charge in [-0.1, -0.05) is 72.8 Å². The summed E-state index contributed by atoms with van der Waals surface area (Å²) in [5.41, 5.74) is 2.72. The molecule has 0 atom stereocenters. The Bertz CT molecular complexity index is 1030. The second kappa shape index (κ2) is 9.49. The van der Waals surface area contributed by atoms with Crippen LogP contribution in [0.15, 0.2) is 89.8 Å². The predicted octanol–water partition coefficient (Wildman–Crippen LogP) is 4.11. The van der Waals surface area contributed by atoms with Gasteiger partial charge >= 0.3 is 5.97 Å². The molecule has 0 aliphatic heterocycles. The maximum absolute atomic E-state index is 13.2. The molecule has 0 fully saturated rings. The predicted molar refractivity (Wildman–Crippen MR) is 113 cm³/mol. The van der Waals surface area contributed by atoms with Crippen molar-refractivity contribution in [2.45, 2.75) is 18.4 Å². The van der Waals surface area contributed by atoms with E-state index in [1.165, 1.54) is 0 Å². The molecule has 0 radical (unpaired) electrons. The zero-order chi connectivity index (χ0) is 20.7. The molecular formula is C23H23NO4S. The highest BCUT2D eigenvalue weighted by Crippen LogP contribution is 2.24.